The minimum absolute atomic E-state index is 0.0357. The number of likely N-dealkylation sites (tertiary alicyclic amines) is 1. The Morgan fingerprint density at radius 1 is 1.21 bits per heavy atom. The number of benzene rings is 2. The number of nitriles is 1. The summed E-state index contributed by atoms with van der Waals surface area (Å²) in [7, 11) is 0. The molecule has 4 rings (SSSR count). The van der Waals surface area contributed by atoms with Gasteiger partial charge in [0, 0.05) is 0 Å². The van der Waals surface area contributed by atoms with Gasteiger partial charge in [-0.25, -0.2) is 0 Å². The van der Waals surface area contributed by atoms with Gasteiger partial charge in [0.05, 0.1) is 0 Å². The zero-order valence-corrected chi connectivity index (χ0v) is 17.1. The van der Waals surface area contributed by atoms with Crippen molar-refractivity contribution in [2.24, 2.45) is 0 Å². The molecule has 7 heteroatoms. The minimum atomic E-state index is -0.0357. The van der Waals surface area contributed by atoms with E-state index >= 15 is 0 Å². The van der Waals surface area contributed by atoms with E-state index in [1.54, 1.807) is 0 Å². The number of amides is 1. The number of piperidine rings is 1. The topological polar surface area (TPSA) is 74.6 Å². The monoisotopic (exact) mass is 443 g/mol. The van der Waals surface area contributed by atoms with E-state index in [-0.39, 0.29) is 33.7 Å². The number of hydrogen-bond donors (Lipinski definition) is 1. The van der Waals surface area contributed by atoms with Gasteiger partial charge in [-0.1, -0.05) is 0 Å². The molecule has 0 radical (unpaired) electrons. The van der Waals surface area contributed by atoms with Crippen molar-refractivity contribution in [2.45, 2.75) is 24.2 Å². The Kier molecular flexibility index (Phi) is 5.70. The van der Waals surface area contributed by atoms with Crippen LogP contribution in [0, 0.1) is 10.2 Å². The molecule has 2 aromatic rings. The molecular weight excluding hydrogens is 421 g/mol. The molecule has 2 aromatic carbocycles. The molecule has 1 N–H and O–H groups in total. The number of anilines is 1. The Bertz CT molecular complexity index is 895. The maximum atomic E-state index is 12.9. The molecule has 2 heterocycles. The molecule has 1 saturated heterocycles. The molecule has 144 valence electrons. The Morgan fingerprint density at radius 2 is 2.04 bits per heavy atom. The number of fused-ring (bicyclic) bond motifs is 1. The molecule has 2 aliphatic heterocycles. The first-order valence-electron chi connectivity index (χ1n) is 9.28. The first kappa shape index (κ1) is 18.7. The molecule has 28 heavy (non-hydrogen) atoms. The van der Waals surface area contributed by atoms with Crippen LogP contribution in [0.4, 0.5) is 5.69 Å². The molecule has 1 unspecified atom stereocenters. The molecule has 1 amide bonds. The van der Waals surface area contributed by atoms with E-state index in [0.29, 0.717) is 12.1 Å². The fraction of sp³-hybridized carbons (Fsp3) is 0.333. The first-order chi connectivity index (χ1) is 13.7. The SMILES string of the molecule is N#C[Se]Cc1ccc(C(=O)N2CCCC(Nc3ccc4c(c3)OCO4)C2)cc1. The summed E-state index contributed by atoms with van der Waals surface area (Å²) in [5.74, 6) is 1.59. The van der Waals surface area contributed by atoms with Gasteiger partial charge in [0.1, 0.15) is 0 Å². The van der Waals surface area contributed by atoms with Crippen molar-refractivity contribution in [2.75, 3.05) is 25.2 Å². The van der Waals surface area contributed by atoms with Crippen LogP contribution >= 0.6 is 0 Å². The van der Waals surface area contributed by atoms with Gasteiger partial charge in [-0.2, -0.15) is 0 Å². The predicted octanol–water partition coefficient (Wildman–Crippen LogP) is 2.82. The van der Waals surface area contributed by atoms with Gasteiger partial charge in [0.2, 0.25) is 6.79 Å². The zero-order chi connectivity index (χ0) is 19.3. The molecule has 0 bridgehead atoms. The second-order valence-electron chi connectivity index (χ2n) is 6.88. The van der Waals surface area contributed by atoms with Crippen LogP contribution in [-0.4, -0.2) is 51.7 Å². The average Bonchev–Trinajstić information content (AvgIpc) is 3.20. The van der Waals surface area contributed by atoms with E-state index in [2.05, 4.69) is 10.3 Å². The third-order valence-corrected chi connectivity index (χ3v) is 6.23. The number of carbonyl (C=O) groups excluding carboxylic acids is 1. The summed E-state index contributed by atoms with van der Waals surface area (Å²) in [4.78, 5) is 17.0. The van der Waals surface area contributed by atoms with E-state index < -0.39 is 0 Å². The van der Waals surface area contributed by atoms with Crippen LogP contribution in [0.3, 0.4) is 0 Å². The van der Waals surface area contributed by atoms with Gasteiger partial charge in [-0.3, -0.25) is 0 Å². The van der Waals surface area contributed by atoms with Crippen molar-refractivity contribution in [1.29, 1.82) is 5.26 Å². The normalized spacial score (nSPS) is 17.8. The molecule has 1 fully saturated rings. The van der Waals surface area contributed by atoms with Gasteiger partial charge in [0.15, 0.2) is 11.5 Å². The fourth-order valence-electron chi connectivity index (χ4n) is 3.54. The summed E-state index contributed by atoms with van der Waals surface area (Å²) in [5.41, 5.74) is 2.79. The van der Waals surface area contributed by atoms with Crippen LogP contribution < -0.4 is 14.8 Å². The number of nitrogens with one attached hydrogen (secondary N) is 1. The predicted molar refractivity (Wildman–Crippen MR) is 107 cm³/mol. The Morgan fingerprint density at radius 3 is 2.86 bits per heavy atom. The standard InChI is InChI=1S/C21H21N3O3Se/c22-13-28-12-15-3-5-16(6-4-15)21(25)24-9-1-2-18(11-24)23-17-7-8-19-20(10-17)27-14-26-19/h3-8,10,18,23H,1-2,9,11-12,14H2. The summed E-state index contributed by atoms with van der Waals surface area (Å²) in [6.07, 6.45) is 1.99. The third kappa shape index (κ3) is 4.24. The fourth-order valence-corrected chi connectivity index (χ4v) is 4.43. The molecule has 1 atom stereocenters. The second kappa shape index (κ2) is 8.55. The molecule has 0 aliphatic carbocycles. The first-order valence-corrected chi connectivity index (χ1v) is 11.3. The zero-order valence-electron chi connectivity index (χ0n) is 15.4. The van der Waals surface area contributed by atoms with E-state index in [1.165, 1.54) is 0 Å². The maximum absolute atomic E-state index is 12.9. The van der Waals surface area contributed by atoms with Crippen LogP contribution in [0.5, 0.6) is 11.5 Å². The average molecular weight is 442 g/mol. The summed E-state index contributed by atoms with van der Waals surface area (Å²) in [5, 5.41) is 13.0. The molecule has 2 aliphatic rings. The molecule has 0 saturated carbocycles. The van der Waals surface area contributed by atoms with Crippen LogP contribution in [0.25, 0.3) is 0 Å². The van der Waals surface area contributed by atoms with Crippen LogP contribution in [0.2, 0.25) is 0 Å². The number of ether oxygens (including phenoxy) is 2. The van der Waals surface area contributed by atoms with Gasteiger partial charge in [0.25, 0.3) is 0 Å². The second-order valence-corrected chi connectivity index (χ2v) is 8.47. The Balaban J connectivity index is 1.38. The van der Waals surface area contributed by atoms with Crippen molar-refractivity contribution in [3.05, 3.63) is 53.6 Å². The number of hydrogen-bond acceptors (Lipinski definition) is 5. The number of rotatable bonds is 5. The van der Waals surface area contributed by atoms with Crippen LogP contribution in [0.1, 0.15) is 28.8 Å². The van der Waals surface area contributed by atoms with E-state index in [1.807, 2.05) is 47.4 Å². The van der Waals surface area contributed by atoms with Gasteiger partial charge >= 0.3 is 137 Å². The van der Waals surface area contributed by atoms with Crippen LogP contribution in [0.15, 0.2) is 42.5 Å². The molecule has 0 spiro atoms. The molecule has 0 aromatic heterocycles. The summed E-state index contributed by atoms with van der Waals surface area (Å²) in [6, 6.07) is 13.7. The Hall–Kier alpha value is -2.68. The van der Waals surface area contributed by atoms with Gasteiger partial charge in [-0.15, -0.1) is 0 Å². The van der Waals surface area contributed by atoms with Gasteiger partial charge in [-0.05, 0) is 6.07 Å². The van der Waals surface area contributed by atoms with Gasteiger partial charge < -0.3 is 9.47 Å². The quantitative estimate of drug-likeness (QED) is 0.721. The molecule has 6 nitrogen and oxygen atoms in total. The van der Waals surface area contributed by atoms with Crippen LogP contribution in [-0.2, 0) is 5.32 Å². The van der Waals surface area contributed by atoms with Crippen molar-refractivity contribution >= 4 is 26.6 Å². The Labute approximate surface area is 170 Å². The van der Waals surface area contributed by atoms with Crippen molar-refractivity contribution < 1.29 is 14.3 Å². The van der Waals surface area contributed by atoms with E-state index in [9.17, 15) is 4.79 Å². The van der Waals surface area contributed by atoms with E-state index in [0.717, 1.165) is 47.5 Å². The summed E-state index contributed by atoms with van der Waals surface area (Å²) in [6.45, 7) is 1.71. The summed E-state index contributed by atoms with van der Waals surface area (Å²) >= 11 is -0.0357. The number of nitrogens with zero attached hydrogens (tertiary/aromatic N) is 2. The summed E-state index contributed by atoms with van der Waals surface area (Å²) < 4.78 is 10.8. The number of carbonyl (C=O) groups is 1. The molecular formula is C21H21N3O3Se. The van der Waals surface area contributed by atoms with Crippen molar-refractivity contribution in [3.63, 3.8) is 0 Å². The van der Waals surface area contributed by atoms with E-state index in [4.69, 9.17) is 14.7 Å². The third-order valence-electron chi connectivity index (χ3n) is 4.96. The van der Waals surface area contributed by atoms with Crippen molar-refractivity contribution in [3.8, 4) is 16.5 Å². The van der Waals surface area contributed by atoms with Crippen molar-refractivity contribution in [1.82, 2.24) is 4.90 Å².